The van der Waals surface area contributed by atoms with Gasteiger partial charge in [0.1, 0.15) is 5.52 Å². The molecule has 5 aromatic rings. The van der Waals surface area contributed by atoms with Crippen molar-refractivity contribution < 1.29 is 0 Å². The molecule has 5 rings (SSSR count). The maximum absolute atomic E-state index is 4.58. The van der Waals surface area contributed by atoms with Crippen molar-refractivity contribution in [3.8, 4) is 0 Å². The molecule has 0 saturated carbocycles. The Bertz CT molecular complexity index is 1140. The van der Waals surface area contributed by atoms with Gasteiger partial charge in [-0.15, -0.1) is 0 Å². The summed E-state index contributed by atoms with van der Waals surface area (Å²) in [6, 6.07) is 19.0. The van der Waals surface area contributed by atoms with Crippen LogP contribution in [0, 0.1) is 0 Å². The minimum absolute atomic E-state index is 0.910. The van der Waals surface area contributed by atoms with E-state index >= 15 is 0 Å². The second-order valence-corrected chi connectivity index (χ2v) is 5.20. The molecule has 0 spiro atoms. The topological polar surface area (TPSA) is 30.2 Å². The molecule has 0 saturated heterocycles. The van der Waals surface area contributed by atoms with Crippen LogP contribution in [0.5, 0.6) is 0 Å². The first-order valence-electron chi connectivity index (χ1n) is 6.95. The lowest BCUT2D eigenvalue weighted by Crippen LogP contribution is -1.94. The Labute approximate surface area is 120 Å². The van der Waals surface area contributed by atoms with Gasteiger partial charge in [-0.05, 0) is 12.1 Å². The van der Waals surface area contributed by atoms with Gasteiger partial charge < -0.3 is 0 Å². The number of para-hydroxylation sites is 1. The van der Waals surface area contributed by atoms with Crippen LogP contribution in [0.15, 0.2) is 67.0 Å². The molecule has 0 unspecified atom stereocenters. The second kappa shape index (κ2) is 3.79. The highest BCUT2D eigenvalue weighted by Crippen LogP contribution is 2.31. The molecule has 0 aliphatic carbocycles. The summed E-state index contributed by atoms with van der Waals surface area (Å²) in [7, 11) is 0. The van der Waals surface area contributed by atoms with Crippen LogP contribution in [0.4, 0.5) is 0 Å². The molecule has 0 fully saturated rings. The molecule has 0 atom stereocenters. The number of pyridine rings is 1. The van der Waals surface area contributed by atoms with Gasteiger partial charge in [-0.1, -0.05) is 42.5 Å². The quantitative estimate of drug-likeness (QED) is 0.395. The zero-order valence-corrected chi connectivity index (χ0v) is 11.2. The molecule has 2 aromatic carbocycles. The molecule has 3 heteroatoms. The van der Waals surface area contributed by atoms with Crippen LogP contribution in [0.1, 0.15) is 0 Å². The van der Waals surface area contributed by atoms with Crippen molar-refractivity contribution in [2.24, 2.45) is 0 Å². The number of nitrogens with zero attached hydrogens (tertiary/aromatic N) is 3. The zero-order chi connectivity index (χ0) is 13.8. The SMILES string of the molecule is c1ccc2c(c1)cc1c3ccccc3c3nccnc3n21. The van der Waals surface area contributed by atoms with Crippen molar-refractivity contribution in [2.45, 2.75) is 0 Å². The summed E-state index contributed by atoms with van der Waals surface area (Å²) in [5.74, 6) is 0. The summed E-state index contributed by atoms with van der Waals surface area (Å²) in [5.41, 5.74) is 4.21. The van der Waals surface area contributed by atoms with E-state index in [2.05, 4.69) is 69.0 Å². The Balaban J connectivity index is 2.25. The third-order valence-electron chi connectivity index (χ3n) is 4.06. The highest BCUT2D eigenvalue weighted by atomic mass is 15.0. The standard InChI is InChI=1S/C18H11N3/c1-4-8-15-12(5-1)11-16-13-6-2-3-7-14(13)17-18(21(15)16)20-10-9-19-17/h1-11H. The Kier molecular flexibility index (Phi) is 1.95. The first-order valence-corrected chi connectivity index (χ1v) is 6.95. The van der Waals surface area contributed by atoms with Crippen molar-refractivity contribution in [3.63, 3.8) is 0 Å². The van der Waals surface area contributed by atoms with Gasteiger partial charge in [-0.25, -0.2) is 4.98 Å². The van der Waals surface area contributed by atoms with Crippen molar-refractivity contribution in [1.29, 1.82) is 0 Å². The fourth-order valence-electron chi connectivity index (χ4n) is 3.18. The summed E-state index contributed by atoms with van der Waals surface area (Å²) in [6.45, 7) is 0. The average Bonchev–Trinajstić information content (AvgIpc) is 2.95. The Morgan fingerprint density at radius 1 is 0.714 bits per heavy atom. The fourth-order valence-corrected chi connectivity index (χ4v) is 3.18. The van der Waals surface area contributed by atoms with Crippen LogP contribution in [-0.2, 0) is 0 Å². The predicted molar refractivity (Wildman–Crippen MR) is 85.5 cm³/mol. The van der Waals surface area contributed by atoms with E-state index in [1.807, 2.05) is 0 Å². The van der Waals surface area contributed by atoms with Crippen molar-refractivity contribution in [2.75, 3.05) is 0 Å². The van der Waals surface area contributed by atoms with E-state index in [1.165, 1.54) is 21.8 Å². The predicted octanol–water partition coefficient (Wildman–Crippen LogP) is 4.19. The molecular formula is C18H11N3. The first-order chi connectivity index (χ1) is 10.4. The molecule has 0 bridgehead atoms. The van der Waals surface area contributed by atoms with Crippen LogP contribution in [0.3, 0.4) is 0 Å². The van der Waals surface area contributed by atoms with E-state index in [1.54, 1.807) is 12.4 Å². The summed E-state index contributed by atoms with van der Waals surface area (Å²) >= 11 is 0. The molecule has 3 aromatic heterocycles. The Morgan fingerprint density at radius 3 is 2.43 bits per heavy atom. The van der Waals surface area contributed by atoms with E-state index in [-0.39, 0.29) is 0 Å². The van der Waals surface area contributed by atoms with Crippen molar-refractivity contribution >= 4 is 38.4 Å². The summed E-state index contributed by atoms with van der Waals surface area (Å²) in [4.78, 5) is 9.14. The summed E-state index contributed by atoms with van der Waals surface area (Å²) < 4.78 is 2.21. The van der Waals surface area contributed by atoms with E-state index < -0.39 is 0 Å². The fraction of sp³-hybridized carbons (Fsp3) is 0. The van der Waals surface area contributed by atoms with E-state index in [4.69, 9.17) is 0 Å². The number of rotatable bonds is 0. The highest BCUT2D eigenvalue weighted by Gasteiger charge is 2.12. The summed E-state index contributed by atoms with van der Waals surface area (Å²) in [6.07, 6.45) is 3.51. The van der Waals surface area contributed by atoms with Gasteiger partial charge >= 0.3 is 0 Å². The van der Waals surface area contributed by atoms with Gasteiger partial charge in [0.05, 0.1) is 11.0 Å². The number of hydrogen-bond donors (Lipinski definition) is 0. The smallest absolute Gasteiger partial charge is 0.164 e. The highest BCUT2D eigenvalue weighted by molar-refractivity contribution is 6.13. The number of fused-ring (bicyclic) bond motifs is 8. The minimum atomic E-state index is 0.910. The van der Waals surface area contributed by atoms with Gasteiger partial charge in [-0.3, -0.25) is 9.38 Å². The Morgan fingerprint density at radius 2 is 1.48 bits per heavy atom. The lowest BCUT2D eigenvalue weighted by molar-refractivity contribution is 1.20. The van der Waals surface area contributed by atoms with Gasteiger partial charge in [-0.2, -0.15) is 0 Å². The van der Waals surface area contributed by atoms with E-state index in [9.17, 15) is 0 Å². The second-order valence-electron chi connectivity index (χ2n) is 5.20. The van der Waals surface area contributed by atoms with Gasteiger partial charge in [0, 0.05) is 28.6 Å². The molecule has 3 heterocycles. The monoisotopic (exact) mass is 269 g/mol. The van der Waals surface area contributed by atoms with Gasteiger partial charge in [0.2, 0.25) is 0 Å². The molecule has 0 N–H and O–H groups in total. The number of aromatic nitrogens is 3. The molecule has 0 aliphatic rings. The first kappa shape index (κ1) is 10.8. The zero-order valence-electron chi connectivity index (χ0n) is 11.2. The minimum Gasteiger partial charge on any atom is -0.292 e. The number of benzene rings is 2. The lowest BCUT2D eigenvalue weighted by Gasteiger charge is -2.07. The average molecular weight is 269 g/mol. The number of hydrogen-bond acceptors (Lipinski definition) is 2. The van der Waals surface area contributed by atoms with Crippen molar-refractivity contribution in [3.05, 3.63) is 67.0 Å². The molecule has 0 radical (unpaired) electrons. The van der Waals surface area contributed by atoms with Crippen LogP contribution < -0.4 is 0 Å². The third kappa shape index (κ3) is 1.32. The van der Waals surface area contributed by atoms with Crippen molar-refractivity contribution in [1.82, 2.24) is 14.4 Å². The Hall–Kier alpha value is -2.94. The van der Waals surface area contributed by atoms with E-state index in [0.29, 0.717) is 0 Å². The molecule has 98 valence electrons. The van der Waals surface area contributed by atoms with Crippen LogP contribution in [0.2, 0.25) is 0 Å². The molecule has 0 amide bonds. The summed E-state index contributed by atoms with van der Waals surface area (Å²) in [5, 5.41) is 3.58. The third-order valence-corrected chi connectivity index (χ3v) is 4.06. The van der Waals surface area contributed by atoms with E-state index in [0.717, 1.165) is 16.6 Å². The van der Waals surface area contributed by atoms with Gasteiger partial charge in [0.25, 0.3) is 0 Å². The maximum atomic E-state index is 4.58. The van der Waals surface area contributed by atoms with Gasteiger partial charge in [0.15, 0.2) is 5.65 Å². The van der Waals surface area contributed by atoms with Crippen LogP contribution >= 0.6 is 0 Å². The molecule has 21 heavy (non-hydrogen) atoms. The normalized spacial score (nSPS) is 11.8. The molecule has 3 nitrogen and oxygen atoms in total. The van der Waals surface area contributed by atoms with Crippen LogP contribution in [0.25, 0.3) is 38.4 Å². The maximum Gasteiger partial charge on any atom is 0.164 e. The lowest BCUT2D eigenvalue weighted by atomic mass is 10.1. The molecular weight excluding hydrogens is 258 g/mol. The molecule has 0 aliphatic heterocycles. The largest absolute Gasteiger partial charge is 0.292 e. The van der Waals surface area contributed by atoms with Crippen LogP contribution in [-0.4, -0.2) is 14.4 Å².